The molecule has 0 saturated carbocycles. The lowest BCUT2D eigenvalue weighted by Crippen LogP contribution is -2.42. The minimum Gasteiger partial charge on any atom is -0.387 e. The quantitative estimate of drug-likeness (QED) is 0.126. The number of rotatable bonds is 16. The molecular formula is C18H36N4O2. The second kappa shape index (κ2) is 16.8. The lowest BCUT2D eigenvalue weighted by atomic mass is 10.0. The van der Waals surface area contributed by atoms with Crippen molar-refractivity contribution in [3.63, 3.8) is 0 Å². The molecule has 140 valence electrons. The van der Waals surface area contributed by atoms with Gasteiger partial charge in [-0.25, -0.2) is 0 Å². The molecule has 0 aliphatic heterocycles. The third-order valence-electron chi connectivity index (χ3n) is 4.22. The molecule has 0 heterocycles. The Kier molecular flexibility index (Phi) is 16.0. The van der Waals surface area contributed by atoms with E-state index in [2.05, 4.69) is 16.9 Å². The van der Waals surface area contributed by atoms with Crippen LogP contribution in [0.5, 0.6) is 0 Å². The Morgan fingerprint density at radius 2 is 1.46 bits per heavy atom. The minimum atomic E-state index is -1.41. The van der Waals surface area contributed by atoms with E-state index in [-0.39, 0.29) is 0 Å². The fourth-order valence-electron chi connectivity index (χ4n) is 2.60. The van der Waals surface area contributed by atoms with Gasteiger partial charge in [-0.15, -0.1) is 0 Å². The number of unbranched alkanes of at least 4 members (excludes halogenated alkanes) is 11. The SMILES string of the molecule is CCCCCCCCCCCCC/C=C\[C@@H](O)[C@@H](N)C(O)N=[N+]=[N-]. The van der Waals surface area contributed by atoms with Crippen LogP contribution in [0.4, 0.5) is 0 Å². The zero-order chi connectivity index (χ0) is 18.0. The van der Waals surface area contributed by atoms with Gasteiger partial charge in [0.1, 0.15) is 0 Å². The number of allylic oxidation sites excluding steroid dienone is 1. The minimum absolute atomic E-state index is 0.887. The molecule has 24 heavy (non-hydrogen) atoms. The maximum atomic E-state index is 9.74. The number of hydrogen-bond acceptors (Lipinski definition) is 4. The molecule has 0 radical (unpaired) electrons. The predicted molar refractivity (Wildman–Crippen MR) is 99.4 cm³/mol. The summed E-state index contributed by atoms with van der Waals surface area (Å²) >= 11 is 0. The number of aliphatic hydroxyl groups is 2. The lowest BCUT2D eigenvalue weighted by molar-refractivity contribution is 0.0830. The van der Waals surface area contributed by atoms with Gasteiger partial charge in [-0.2, -0.15) is 0 Å². The Balaban J connectivity index is 3.47. The van der Waals surface area contributed by atoms with Crippen LogP contribution in [0.2, 0.25) is 0 Å². The molecule has 0 spiro atoms. The zero-order valence-electron chi connectivity index (χ0n) is 15.2. The number of aliphatic hydroxyl groups excluding tert-OH is 2. The van der Waals surface area contributed by atoms with Crippen LogP contribution in [0, 0.1) is 0 Å². The Morgan fingerprint density at radius 1 is 0.958 bits per heavy atom. The summed E-state index contributed by atoms with van der Waals surface area (Å²) in [6.07, 6.45) is 16.3. The lowest BCUT2D eigenvalue weighted by Gasteiger charge is -2.17. The normalized spacial score (nSPS) is 15.2. The number of azide groups is 1. The molecule has 0 aromatic carbocycles. The highest BCUT2D eigenvalue weighted by molar-refractivity contribution is 4.95. The van der Waals surface area contributed by atoms with E-state index >= 15 is 0 Å². The summed E-state index contributed by atoms with van der Waals surface area (Å²) in [4.78, 5) is 2.47. The van der Waals surface area contributed by atoms with Crippen molar-refractivity contribution in [2.24, 2.45) is 10.8 Å². The largest absolute Gasteiger partial charge is 0.387 e. The van der Waals surface area contributed by atoms with Gasteiger partial charge in [0.05, 0.1) is 12.1 Å². The van der Waals surface area contributed by atoms with E-state index < -0.39 is 18.4 Å². The van der Waals surface area contributed by atoms with Gasteiger partial charge in [0.15, 0.2) is 6.23 Å². The van der Waals surface area contributed by atoms with Crippen molar-refractivity contribution in [2.75, 3.05) is 0 Å². The van der Waals surface area contributed by atoms with E-state index in [1.54, 1.807) is 6.08 Å². The van der Waals surface area contributed by atoms with E-state index in [9.17, 15) is 10.2 Å². The maximum absolute atomic E-state index is 9.74. The van der Waals surface area contributed by atoms with Gasteiger partial charge in [-0.3, -0.25) is 0 Å². The van der Waals surface area contributed by atoms with E-state index in [0.29, 0.717) is 0 Å². The first-order valence-electron chi connectivity index (χ1n) is 9.46. The van der Waals surface area contributed by atoms with Crippen LogP contribution in [-0.4, -0.2) is 28.6 Å². The van der Waals surface area contributed by atoms with Crippen LogP contribution in [-0.2, 0) is 0 Å². The smallest absolute Gasteiger partial charge is 0.150 e. The van der Waals surface area contributed by atoms with Crippen LogP contribution in [0.3, 0.4) is 0 Å². The summed E-state index contributed by atoms with van der Waals surface area (Å²) in [6, 6.07) is -0.991. The second-order valence-corrected chi connectivity index (χ2v) is 6.44. The molecule has 0 amide bonds. The predicted octanol–water partition coefficient (Wildman–Crippen LogP) is 4.56. The van der Waals surface area contributed by atoms with Crippen molar-refractivity contribution in [3.05, 3.63) is 22.6 Å². The molecule has 0 rings (SSSR count). The van der Waals surface area contributed by atoms with Crippen LogP contribution >= 0.6 is 0 Å². The first-order valence-corrected chi connectivity index (χ1v) is 9.46. The second-order valence-electron chi connectivity index (χ2n) is 6.44. The molecular weight excluding hydrogens is 304 g/mol. The topological polar surface area (TPSA) is 115 Å². The number of nitrogens with zero attached hydrogens (tertiary/aromatic N) is 3. The molecule has 0 aromatic heterocycles. The van der Waals surface area contributed by atoms with Crippen molar-refractivity contribution in [1.82, 2.24) is 0 Å². The van der Waals surface area contributed by atoms with Gasteiger partial charge in [0, 0.05) is 4.91 Å². The summed E-state index contributed by atoms with van der Waals surface area (Å²) in [5, 5.41) is 22.2. The Bertz CT molecular complexity index is 357. The van der Waals surface area contributed by atoms with Crippen LogP contribution in [0.25, 0.3) is 10.4 Å². The molecule has 3 atom stereocenters. The first-order chi connectivity index (χ1) is 11.6. The standard InChI is InChI=1S/C18H36N4O2/c1-2-3-4-5-6-7-8-9-10-11-12-13-14-15-16(23)17(19)18(24)21-22-20/h14-18,23-24H,2-13,19H2,1H3/b15-14-/t16-,17-,18?/m1/s1. The fraction of sp³-hybridized carbons (Fsp3) is 0.889. The van der Waals surface area contributed by atoms with Crippen LogP contribution in [0.15, 0.2) is 17.3 Å². The highest BCUT2D eigenvalue weighted by Crippen LogP contribution is 2.12. The molecule has 0 aromatic rings. The van der Waals surface area contributed by atoms with Crippen molar-refractivity contribution in [1.29, 1.82) is 0 Å². The van der Waals surface area contributed by atoms with Crippen LogP contribution in [0.1, 0.15) is 84.0 Å². The summed E-state index contributed by atoms with van der Waals surface area (Å²) in [5.74, 6) is 0. The molecule has 0 fully saturated rings. The zero-order valence-corrected chi connectivity index (χ0v) is 15.2. The number of hydrogen-bond donors (Lipinski definition) is 3. The van der Waals surface area contributed by atoms with E-state index in [1.807, 2.05) is 6.08 Å². The summed E-state index contributed by atoms with van der Waals surface area (Å²) < 4.78 is 0. The van der Waals surface area contributed by atoms with Gasteiger partial charge in [-0.1, -0.05) is 88.4 Å². The molecule has 1 unspecified atom stereocenters. The molecule has 0 aliphatic rings. The summed E-state index contributed by atoms with van der Waals surface area (Å²) in [7, 11) is 0. The van der Waals surface area contributed by atoms with Crippen molar-refractivity contribution in [3.8, 4) is 0 Å². The molecule has 6 heteroatoms. The van der Waals surface area contributed by atoms with Gasteiger partial charge in [0.2, 0.25) is 0 Å². The monoisotopic (exact) mass is 340 g/mol. The van der Waals surface area contributed by atoms with E-state index in [4.69, 9.17) is 11.3 Å². The third-order valence-corrected chi connectivity index (χ3v) is 4.22. The molecule has 6 nitrogen and oxygen atoms in total. The van der Waals surface area contributed by atoms with Gasteiger partial charge in [0.25, 0.3) is 0 Å². The van der Waals surface area contributed by atoms with Gasteiger partial charge in [-0.05, 0) is 18.4 Å². The molecule has 4 N–H and O–H groups in total. The van der Waals surface area contributed by atoms with Gasteiger partial charge < -0.3 is 15.9 Å². The summed E-state index contributed by atoms with van der Waals surface area (Å²) in [5.41, 5.74) is 13.8. The Labute approximate surface area is 146 Å². The Morgan fingerprint density at radius 3 is 1.96 bits per heavy atom. The van der Waals surface area contributed by atoms with Crippen LogP contribution < -0.4 is 5.73 Å². The average molecular weight is 341 g/mol. The highest BCUT2D eigenvalue weighted by Gasteiger charge is 2.19. The summed E-state index contributed by atoms with van der Waals surface area (Å²) in [6.45, 7) is 2.25. The highest BCUT2D eigenvalue weighted by atomic mass is 16.3. The first kappa shape index (κ1) is 22.9. The average Bonchev–Trinajstić information content (AvgIpc) is 2.58. The molecule has 0 aliphatic carbocycles. The molecule has 0 bridgehead atoms. The third kappa shape index (κ3) is 13.4. The van der Waals surface area contributed by atoms with E-state index in [0.717, 1.165) is 12.8 Å². The van der Waals surface area contributed by atoms with Gasteiger partial charge >= 0.3 is 0 Å². The van der Waals surface area contributed by atoms with E-state index in [1.165, 1.54) is 64.2 Å². The maximum Gasteiger partial charge on any atom is 0.150 e. The van der Waals surface area contributed by atoms with Crippen molar-refractivity contribution < 1.29 is 10.2 Å². The number of nitrogens with two attached hydrogens (primary N) is 1. The fourth-order valence-corrected chi connectivity index (χ4v) is 2.60. The molecule has 0 saturated heterocycles. The van der Waals surface area contributed by atoms with Crippen molar-refractivity contribution >= 4 is 0 Å². The van der Waals surface area contributed by atoms with Crippen molar-refractivity contribution in [2.45, 2.75) is 102 Å². The Hall–Kier alpha value is -1.07.